The second-order valence-electron chi connectivity index (χ2n) is 8.89. The molecule has 0 spiro atoms. The van der Waals surface area contributed by atoms with Crippen LogP contribution in [0, 0.1) is 6.92 Å². The summed E-state index contributed by atoms with van der Waals surface area (Å²) in [6.45, 7) is 2.20. The number of nitrogens with zero attached hydrogens (tertiary/aromatic N) is 2. The third kappa shape index (κ3) is 3.82. The minimum absolute atomic E-state index is 0.863. The quantitative estimate of drug-likeness (QED) is 0.297. The number of hydrogen-bond acceptors (Lipinski definition) is 3. The Bertz CT molecular complexity index is 1590. The molecule has 0 amide bonds. The third-order valence-electron chi connectivity index (χ3n) is 6.77. The zero-order valence-corrected chi connectivity index (χ0v) is 20.7. The van der Waals surface area contributed by atoms with Crippen LogP contribution in [0.1, 0.15) is 24.1 Å². The molecule has 0 atom stereocenters. The monoisotopic (exact) mass is 477 g/mol. The van der Waals surface area contributed by atoms with E-state index in [4.69, 9.17) is 9.84 Å². The van der Waals surface area contributed by atoms with Crippen LogP contribution >= 0.6 is 11.5 Å². The number of hydrogen-bond donors (Lipinski definition) is 1. The number of rotatable bonds is 4. The number of aromatic nitrogens is 3. The molecule has 4 nitrogen and oxygen atoms in total. The molecular weight excluding hydrogens is 450 g/mol. The molecular formula is C30H27N3OS. The Balaban J connectivity index is 1.76. The SMILES string of the molecule is COc1ccc(-c2c(C)s[nH]c3c(-c4ccccc4)c(-c4ccccc4)nn3c2=C2CCC2)cc1. The van der Waals surface area contributed by atoms with Gasteiger partial charge in [0.05, 0.1) is 18.0 Å². The van der Waals surface area contributed by atoms with Crippen molar-refractivity contribution in [3.05, 3.63) is 95.2 Å². The Hall–Kier alpha value is -3.83. The molecule has 0 bridgehead atoms. The van der Waals surface area contributed by atoms with Gasteiger partial charge < -0.3 is 4.74 Å². The van der Waals surface area contributed by atoms with Gasteiger partial charge in [0, 0.05) is 16.0 Å². The van der Waals surface area contributed by atoms with E-state index in [2.05, 4.69) is 88.6 Å². The molecule has 0 aliphatic heterocycles. The van der Waals surface area contributed by atoms with Gasteiger partial charge in [-0.05, 0) is 55.0 Å². The zero-order valence-electron chi connectivity index (χ0n) is 19.9. The maximum absolute atomic E-state index is 5.42. The van der Waals surface area contributed by atoms with Crippen LogP contribution in [-0.2, 0) is 0 Å². The van der Waals surface area contributed by atoms with Gasteiger partial charge in [0.1, 0.15) is 11.4 Å². The molecule has 35 heavy (non-hydrogen) atoms. The molecule has 0 saturated heterocycles. The van der Waals surface area contributed by atoms with Gasteiger partial charge in [-0.1, -0.05) is 84.3 Å². The standard InChI is InChI=1S/C30H27N3OS/c1-20-26(22-16-18-25(34-2)19-17-22)29(24-14-9-15-24)33-30(32-35-20)27(21-10-5-3-6-11-21)28(31-33)23-12-7-4-8-13-23/h3-8,10-13,16-19,32H,9,14-15H2,1-2H3. The van der Waals surface area contributed by atoms with E-state index >= 15 is 0 Å². The van der Waals surface area contributed by atoms with Crippen molar-refractivity contribution < 1.29 is 4.74 Å². The van der Waals surface area contributed by atoms with E-state index in [1.54, 1.807) is 18.6 Å². The first-order valence-electron chi connectivity index (χ1n) is 12.0. The van der Waals surface area contributed by atoms with Crippen LogP contribution in [-0.4, -0.2) is 21.1 Å². The van der Waals surface area contributed by atoms with Gasteiger partial charge in [-0.3, -0.25) is 4.37 Å². The predicted molar refractivity (Wildman–Crippen MR) is 145 cm³/mol. The van der Waals surface area contributed by atoms with Crippen molar-refractivity contribution in [3.63, 3.8) is 0 Å². The highest BCUT2D eigenvalue weighted by Crippen LogP contribution is 2.36. The normalized spacial score (nSPS) is 13.0. The molecule has 1 aliphatic carbocycles. The van der Waals surface area contributed by atoms with Crippen LogP contribution in [0.2, 0.25) is 0 Å². The zero-order chi connectivity index (χ0) is 23.8. The van der Waals surface area contributed by atoms with Crippen molar-refractivity contribution in [2.24, 2.45) is 0 Å². The van der Waals surface area contributed by atoms with Gasteiger partial charge in [-0.15, -0.1) is 0 Å². The Labute approximate surface area is 209 Å². The minimum atomic E-state index is 0.863. The second kappa shape index (κ2) is 9.08. The Kier molecular flexibility index (Phi) is 5.63. The maximum Gasteiger partial charge on any atom is 0.151 e. The van der Waals surface area contributed by atoms with E-state index in [1.807, 2.05) is 12.1 Å². The molecule has 174 valence electrons. The second-order valence-corrected chi connectivity index (χ2v) is 9.91. The van der Waals surface area contributed by atoms with Gasteiger partial charge in [-0.25, -0.2) is 4.52 Å². The van der Waals surface area contributed by atoms with Crippen LogP contribution in [0.4, 0.5) is 0 Å². The molecule has 5 heteroatoms. The van der Waals surface area contributed by atoms with Crippen LogP contribution < -0.4 is 10.1 Å². The lowest BCUT2D eigenvalue weighted by atomic mass is 9.90. The first-order valence-corrected chi connectivity index (χ1v) is 12.8. The molecule has 3 aromatic carbocycles. The molecule has 1 fully saturated rings. The van der Waals surface area contributed by atoms with E-state index in [9.17, 15) is 0 Å². The van der Waals surface area contributed by atoms with Gasteiger partial charge in [0.2, 0.25) is 0 Å². The number of fused-ring (bicyclic) bond motifs is 1. The maximum atomic E-state index is 5.42. The van der Waals surface area contributed by atoms with Crippen molar-refractivity contribution in [2.75, 3.05) is 7.11 Å². The Morgan fingerprint density at radius 1 is 0.800 bits per heavy atom. The Morgan fingerprint density at radius 2 is 1.43 bits per heavy atom. The average Bonchev–Trinajstić information content (AvgIpc) is 3.20. The van der Waals surface area contributed by atoms with E-state index in [0.717, 1.165) is 46.6 Å². The minimum Gasteiger partial charge on any atom is -0.497 e. The number of aromatic amines is 1. The van der Waals surface area contributed by atoms with Gasteiger partial charge in [-0.2, -0.15) is 5.10 Å². The number of benzene rings is 3. The number of methoxy groups -OCH3 is 1. The average molecular weight is 478 g/mol. The summed E-state index contributed by atoms with van der Waals surface area (Å²) in [6, 6.07) is 29.5. The van der Waals surface area contributed by atoms with Crippen LogP contribution in [0.25, 0.3) is 44.7 Å². The molecule has 1 saturated carbocycles. The van der Waals surface area contributed by atoms with Crippen molar-refractivity contribution in [2.45, 2.75) is 26.2 Å². The van der Waals surface area contributed by atoms with Crippen molar-refractivity contribution >= 4 is 22.8 Å². The van der Waals surface area contributed by atoms with Crippen molar-refractivity contribution in [3.8, 4) is 39.3 Å². The van der Waals surface area contributed by atoms with E-state index in [1.165, 1.54) is 33.3 Å². The summed E-state index contributed by atoms with van der Waals surface area (Å²) in [5.41, 5.74) is 9.29. The summed E-state index contributed by atoms with van der Waals surface area (Å²) in [4.78, 5) is 1.23. The van der Waals surface area contributed by atoms with Gasteiger partial charge in [0.25, 0.3) is 0 Å². The Morgan fingerprint density at radius 3 is 2.03 bits per heavy atom. The van der Waals surface area contributed by atoms with Crippen LogP contribution in [0.5, 0.6) is 5.75 Å². The van der Waals surface area contributed by atoms with E-state index < -0.39 is 0 Å². The topological polar surface area (TPSA) is 42.3 Å². The highest BCUT2D eigenvalue weighted by atomic mass is 32.1. The van der Waals surface area contributed by atoms with Crippen LogP contribution in [0.3, 0.4) is 0 Å². The van der Waals surface area contributed by atoms with Crippen molar-refractivity contribution in [1.82, 2.24) is 14.0 Å². The first kappa shape index (κ1) is 21.7. The number of nitrogens with one attached hydrogen (secondary N) is 1. The lowest BCUT2D eigenvalue weighted by molar-refractivity contribution is 0.415. The van der Waals surface area contributed by atoms with Crippen LogP contribution in [0.15, 0.2) is 84.9 Å². The molecule has 0 unspecified atom stereocenters. The highest BCUT2D eigenvalue weighted by molar-refractivity contribution is 7.06. The smallest absolute Gasteiger partial charge is 0.151 e. The number of H-pyrrole nitrogens is 1. The number of aryl methyl sites for hydroxylation is 1. The lowest BCUT2D eigenvalue weighted by Crippen LogP contribution is -2.23. The fourth-order valence-corrected chi connectivity index (χ4v) is 5.57. The molecule has 2 heterocycles. The fraction of sp³-hybridized carbons (Fsp3) is 0.167. The summed E-state index contributed by atoms with van der Waals surface area (Å²) < 4.78 is 11.3. The van der Waals surface area contributed by atoms with Gasteiger partial charge in [0.15, 0.2) is 5.65 Å². The van der Waals surface area contributed by atoms with Gasteiger partial charge >= 0.3 is 0 Å². The summed E-state index contributed by atoms with van der Waals surface area (Å²) in [5, 5.41) is 6.52. The highest BCUT2D eigenvalue weighted by Gasteiger charge is 2.22. The largest absolute Gasteiger partial charge is 0.497 e. The molecule has 0 radical (unpaired) electrons. The third-order valence-corrected chi connectivity index (χ3v) is 7.57. The number of ether oxygens (including phenoxy) is 1. The summed E-state index contributed by atoms with van der Waals surface area (Å²) in [5.74, 6) is 0.863. The molecule has 2 aromatic heterocycles. The summed E-state index contributed by atoms with van der Waals surface area (Å²) >= 11 is 1.67. The predicted octanol–water partition coefficient (Wildman–Crippen LogP) is 7.22. The summed E-state index contributed by atoms with van der Waals surface area (Å²) in [6.07, 6.45) is 3.43. The molecule has 6 rings (SSSR count). The van der Waals surface area contributed by atoms with Crippen molar-refractivity contribution in [1.29, 1.82) is 0 Å². The van der Waals surface area contributed by atoms with E-state index in [-0.39, 0.29) is 0 Å². The first-order chi connectivity index (χ1) is 17.2. The molecule has 1 N–H and O–H groups in total. The molecule has 5 aromatic rings. The summed E-state index contributed by atoms with van der Waals surface area (Å²) in [7, 11) is 1.71. The molecule has 1 aliphatic rings. The van der Waals surface area contributed by atoms with E-state index in [0.29, 0.717) is 0 Å². The fourth-order valence-electron chi connectivity index (χ4n) is 4.81. The lowest BCUT2D eigenvalue weighted by Gasteiger charge is -2.18.